The van der Waals surface area contributed by atoms with Gasteiger partial charge in [0.1, 0.15) is 5.69 Å². The van der Waals surface area contributed by atoms with E-state index in [1.807, 2.05) is 4.90 Å². The molecule has 3 rings (SSSR count). The van der Waals surface area contributed by atoms with E-state index in [4.69, 9.17) is 0 Å². The molecule has 1 aliphatic heterocycles. The van der Waals surface area contributed by atoms with Gasteiger partial charge in [-0.1, -0.05) is 29.2 Å². The molecule has 0 atom stereocenters. The van der Waals surface area contributed by atoms with Crippen LogP contribution in [-0.2, 0) is 0 Å². The Morgan fingerprint density at radius 2 is 2.15 bits per heavy atom. The van der Waals surface area contributed by atoms with E-state index in [0.717, 1.165) is 36.7 Å². The zero-order valence-electron chi connectivity index (χ0n) is 14.6. The smallest absolute Gasteiger partial charge is 0.293 e. The SMILES string of the molecule is C=CCSc1nnc(NC(=O)c2ccc(N3CCCCC3)c([N+](=O)[O-])c2)s1. The largest absolute Gasteiger partial charge is 0.366 e. The van der Waals surface area contributed by atoms with Crippen LogP contribution in [0.25, 0.3) is 0 Å². The zero-order chi connectivity index (χ0) is 19.2. The van der Waals surface area contributed by atoms with Crippen LogP contribution >= 0.6 is 23.1 Å². The molecule has 0 saturated carbocycles. The van der Waals surface area contributed by atoms with E-state index >= 15 is 0 Å². The predicted octanol–water partition coefficient (Wildman–Crippen LogP) is 3.97. The highest BCUT2D eigenvalue weighted by atomic mass is 32.2. The summed E-state index contributed by atoms with van der Waals surface area (Å²) in [6.45, 7) is 5.23. The number of nitrogens with zero attached hydrogens (tertiary/aromatic N) is 4. The van der Waals surface area contributed by atoms with Crippen molar-refractivity contribution in [2.45, 2.75) is 23.6 Å². The fourth-order valence-electron chi connectivity index (χ4n) is 2.83. The van der Waals surface area contributed by atoms with E-state index in [2.05, 4.69) is 22.1 Å². The lowest BCUT2D eigenvalue weighted by Crippen LogP contribution is -2.30. The van der Waals surface area contributed by atoms with Crippen LogP contribution in [0.4, 0.5) is 16.5 Å². The van der Waals surface area contributed by atoms with E-state index in [-0.39, 0.29) is 11.3 Å². The monoisotopic (exact) mass is 405 g/mol. The molecule has 1 aliphatic rings. The molecule has 1 fully saturated rings. The minimum atomic E-state index is -0.445. The normalized spacial score (nSPS) is 14.0. The quantitative estimate of drug-likeness (QED) is 0.244. The summed E-state index contributed by atoms with van der Waals surface area (Å²) in [5.41, 5.74) is 0.734. The van der Waals surface area contributed by atoms with Gasteiger partial charge in [-0.25, -0.2) is 0 Å². The number of nitro groups is 1. The zero-order valence-corrected chi connectivity index (χ0v) is 16.2. The standard InChI is InChI=1S/C17H19N5O3S2/c1-2-10-26-17-20-19-16(27-17)18-15(23)12-6-7-13(14(11-12)22(24)25)21-8-4-3-5-9-21/h2,6-7,11H,1,3-5,8-10H2,(H,18,19,23). The maximum atomic E-state index is 12.5. The van der Waals surface area contributed by atoms with E-state index < -0.39 is 10.8 Å². The Labute approximate surface area is 164 Å². The second kappa shape index (κ2) is 8.96. The summed E-state index contributed by atoms with van der Waals surface area (Å²) in [5, 5.41) is 22.4. The molecule has 1 aromatic carbocycles. The lowest BCUT2D eigenvalue weighted by atomic mass is 10.1. The Morgan fingerprint density at radius 3 is 2.85 bits per heavy atom. The Kier molecular flexibility index (Phi) is 6.40. The first-order valence-corrected chi connectivity index (χ1v) is 10.3. The summed E-state index contributed by atoms with van der Waals surface area (Å²) in [6, 6.07) is 4.60. The maximum Gasteiger partial charge on any atom is 0.293 e. The summed E-state index contributed by atoms with van der Waals surface area (Å²) in [4.78, 5) is 25.6. The van der Waals surface area contributed by atoms with Gasteiger partial charge < -0.3 is 4.90 Å². The van der Waals surface area contributed by atoms with E-state index in [1.54, 1.807) is 18.2 Å². The van der Waals surface area contributed by atoms with Crippen LogP contribution in [0, 0.1) is 10.1 Å². The Bertz CT molecular complexity index is 849. The second-order valence-electron chi connectivity index (χ2n) is 5.94. The highest BCUT2D eigenvalue weighted by Crippen LogP contribution is 2.32. The van der Waals surface area contributed by atoms with E-state index in [0.29, 0.717) is 16.6 Å². The van der Waals surface area contributed by atoms with Crippen molar-refractivity contribution >= 4 is 45.5 Å². The molecular formula is C17H19N5O3S2. The lowest BCUT2D eigenvalue weighted by molar-refractivity contribution is -0.384. The topological polar surface area (TPSA) is 101 Å². The Hall–Kier alpha value is -2.46. The van der Waals surface area contributed by atoms with Crippen molar-refractivity contribution in [3.05, 3.63) is 46.5 Å². The highest BCUT2D eigenvalue weighted by molar-refractivity contribution is 8.01. The molecule has 1 N–H and O–H groups in total. The molecule has 8 nitrogen and oxygen atoms in total. The third-order valence-corrected chi connectivity index (χ3v) is 6.05. The average molecular weight is 406 g/mol. The predicted molar refractivity (Wildman–Crippen MR) is 108 cm³/mol. The number of rotatable bonds is 7. The number of nitrogens with one attached hydrogen (secondary N) is 1. The number of carbonyl (C=O) groups excluding carboxylic acids is 1. The molecule has 0 bridgehead atoms. The molecule has 142 valence electrons. The molecule has 1 amide bonds. The van der Waals surface area contributed by atoms with Gasteiger partial charge >= 0.3 is 0 Å². The van der Waals surface area contributed by atoms with Gasteiger partial charge in [0.05, 0.1) is 4.92 Å². The van der Waals surface area contributed by atoms with Gasteiger partial charge in [-0.15, -0.1) is 16.8 Å². The number of benzene rings is 1. The van der Waals surface area contributed by atoms with E-state index in [9.17, 15) is 14.9 Å². The Balaban J connectivity index is 1.76. The lowest BCUT2D eigenvalue weighted by Gasteiger charge is -2.28. The average Bonchev–Trinajstić information content (AvgIpc) is 3.13. The molecule has 0 aliphatic carbocycles. The first kappa shape index (κ1) is 19.3. The maximum absolute atomic E-state index is 12.5. The molecule has 0 spiro atoms. The van der Waals surface area contributed by atoms with E-state index in [1.165, 1.54) is 29.2 Å². The minimum absolute atomic E-state index is 0.0518. The van der Waals surface area contributed by atoms with Crippen LogP contribution in [0.5, 0.6) is 0 Å². The molecule has 2 aromatic rings. The van der Waals surface area contributed by atoms with Crippen molar-refractivity contribution in [1.82, 2.24) is 10.2 Å². The third kappa shape index (κ3) is 4.83. The van der Waals surface area contributed by atoms with Crippen LogP contribution in [-0.4, -0.2) is 39.9 Å². The van der Waals surface area contributed by atoms with Crippen molar-refractivity contribution in [3.8, 4) is 0 Å². The van der Waals surface area contributed by atoms with Crippen molar-refractivity contribution in [1.29, 1.82) is 0 Å². The molecule has 1 saturated heterocycles. The van der Waals surface area contributed by atoms with Crippen LogP contribution in [0.2, 0.25) is 0 Å². The first-order chi connectivity index (χ1) is 13.1. The molecule has 0 radical (unpaired) electrons. The van der Waals surface area contributed by atoms with Gasteiger partial charge in [0.25, 0.3) is 11.6 Å². The van der Waals surface area contributed by atoms with Crippen molar-refractivity contribution in [2.75, 3.05) is 29.1 Å². The summed E-state index contributed by atoms with van der Waals surface area (Å²) in [5.74, 6) is 0.256. The number of piperidine rings is 1. The summed E-state index contributed by atoms with van der Waals surface area (Å²) < 4.78 is 0.719. The fourth-order valence-corrected chi connectivity index (χ4v) is 4.34. The number of hydrogen-bond acceptors (Lipinski definition) is 8. The number of thioether (sulfide) groups is 1. The molecule has 27 heavy (non-hydrogen) atoms. The molecule has 10 heteroatoms. The van der Waals surface area contributed by atoms with Gasteiger partial charge in [0, 0.05) is 30.5 Å². The molecule has 2 heterocycles. The molecule has 1 aromatic heterocycles. The fraction of sp³-hybridized carbons (Fsp3) is 0.353. The summed E-state index contributed by atoms with van der Waals surface area (Å²) >= 11 is 2.72. The second-order valence-corrected chi connectivity index (χ2v) is 8.18. The first-order valence-electron chi connectivity index (χ1n) is 8.50. The van der Waals surface area contributed by atoms with Crippen LogP contribution < -0.4 is 10.2 Å². The number of amides is 1. The number of hydrogen-bond donors (Lipinski definition) is 1. The summed E-state index contributed by atoms with van der Waals surface area (Å²) in [7, 11) is 0. The number of anilines is 2. The van der Waals surface area contributed by atoms with Gasteiger partial charge in [0.2, 0.25) is 5.13 Å². The van der Waals surface area contributed by atoms with Gasteiger partial charge in [-0.2, -0.15) is 0 Å². The van der Waals surface area contributed by atoms with Crippen molar-refractivity contribution in [2.24, 2.45) is 0 Å². The van der Waals surface area contributed by atoms with Gasteiger partial charge in [0.15, 0.2) is 4.34 Å². The van der Waals surface area contributed by atoms with Crippen LogP contribution in [0.1, 0.15) is 29.6 Å². The Morgan fingerprint density at radius 1 is 1.37 bits per heavy atom. The van der Waals surface area contributed by atoms with Crippen molar-refractivity contribution < 1.29 is 9.72 Å². The number of carbonyl (C=O) groups is 1. The number of aromatic nitrogens is 2. The highest BCUT2D eigenvalue weighted by Gasteiger charge is 2.23. The minimum Gasteiger partial charge on any atom is -0.366 e. The van der Waals surface area contributed by atoms with Crippen LogP contribution in [0.15, 0.2) is 35.2 Å². The third-order valence-electron chi connectivity index (χ3n) is 4.08. The van der Waals surface area contributed by atoms with Gasteiger partial charge in [-0.05, 0) is 31.4 Å². The molecule has 0 unspecified atom stereocenters. The van der Waals surface area contributed by atoms with Crippen LogP contribution in [0.3, 0.4) is 0 Å². The summed E-state index contributed by atoms with van der Waals surface area (Å²) in [6.07, 6.45) is 4.93. The number of nitro benzene ring substituents is 1. The molecular weight excluding hydrogens is 386 g/mol. The van der Waals surface area contributed by atoms with Crippen molar-refractivity contribution in [3.63, 3.8) is 0 Å². The van der Waals surface area contributed by atoms with Gasteiger partial charge in [-0.3, -0.25) is 20.2 Å².